The summed E-state index contributed by atoms with van der Waals surface area (Å²) in [6, 6.07) is 6.40. The van der Waals surface area contributed by atoms with E-state index in [1.54, 1.807) is 0 Å². The second-order valence-electron chi connectivity index (χ2n) is 3.88. The van der Waals surface area contributed by atoms with Gasteiger partial charge in [0.1, 0.15) is 5.75 Å². The molecule has 1 aliphatic rings. The minimum absolute atomic E-state index is 0.433. The van der Waals surface area contributed by atoms with Gasteiger partial charge in [-0.2, -0.15) is 0 Å². The summed E-state index contributed by atoms with van der Waals surface area (Å²) >= 11 is 0. The quantitative estimate of drug-likeness (QED) is 0.688. The highest BCUT2D eigenvalue weighted by Gasteiger charge is 2.24. The Morgan fingerprint density at radius 1 is 1.43 bits per heavy atom. The maximum Gasteiger partial charge on any atom is 0.146 e. The molecule has 0 saturated carbocycles. The average molecular weight is 192 g/mol. The Balaban J connectivity index is 2.44. The molecule has 0 fully saturated rings. The number of rotatable bonds is 1. The van der Waals surface area contributed by atoms with Gasteiger partial charge in [0.25, 0.3) is 0 Å². The lowest BCUT2D eigenvalue weighted by molar-refractivity contribution is 0.190. The first-order valence-corrected chi connectivity index (χ1v) is 4.88. The highest BCUT2D eigenvalue weighted by molar-refractivity contribution is 5.58. The predicted octanol–water partition coefficient (Wildman–Crippen LogP) is 1.65. The van der Waals surface area contributed by atoms with Gasteiger partial charge in [0, 0.05) is 18.0 Å². The zero-order valence-electron chi connectivity index (χ0n) is 8.66. The normalized spacial score (nSPS) is 20.4. The molecule has 0 unspecified atom stereocenters. The van der Waals surface area contributed by atoms with E-state index in [-0.39, 0.29) is 0 Å². The molecule has 0 amide bonds. The summed E-state index contributed by atoms with van der Waals surface area (Å²) in [5, 5.41) is 0. The first-order valence-electron chi connectivity index (χ1n) is 4.88. The minimum atomic E-state index is 0.433. The smallest absolute Gasteiger partial charge is 0.146 e. The number of benzene rings is 1. The van der Waals surface area contributed by atoms with E-state index in [4.69, 9.17) is 10.5 Å². The molecule has 76 valence electrons. The average Bonchev–Trinajstić information content (AvgIpc) is 2.17. The fourth-order valence-corrected chi connectivity index (χ4v) is 1.97. The monoisotopic (exact) mass is 192 g/mol. The summed E-state index contributed by atoms with van der Waals surface area (Å²) in [6.07, 6.45) is 1.03. The van der Waals surface area contributed by atoms with Gasteiger partial charge in [-0.15, -0.1) is 0 Å². The molecule has 2 rings (SSSR count). The van der Waals surface area contributed by atoms with Crippen LogP contribution in [0, 0.1) is 0 Å². The Hall–Kier alpha value is -1.22. The van der Waals surface area contributed by atoms with Gasteiger partial charge in [-0.05, 0) is 20.2 Å². The standard InChI is InChI=1S/C11H16N2O/c1-13(2)10-6-7-14-11-8(10)4-3-5-9(11)12/h3-5,10H,6-7,12H2,1-2H3/t10-/m1/s1. The third kappa shape index (κ3) is 1.44. The number of nitrogens with two attached hydrogens (primary N) is 1. The summed E-state index contributed by atoms with van der Waals surface area (Å²) in [5.41, 5.74) is 7.81. The molecule has 1 aliphatic heterocycles. The number of nitrogen functional groups attached to an aromatic ring is 1. The van der Waals surface area contributed by atoms with Crippen LogP contribution in [0.2, 0.25) is 0 Å². The van der Waals surface area contributed by atoms with Crippen LogP contribution < -0.4 is 10.5 Å². The van der Waals surface area contributed by atoms with E-state index in [0.717, 1.165) is 24.5 Å². The molecule has 2 N–H and O–H groups in total. The largest absolute Gasteiger partial charge is 0.491 e. The van der Waals surface area contributed by atoms with E-state index < -0.39 is 0 Å². The number of hydrogen-bond donors (Lipinski definition) is 1. The Kier molecular flexibility index (Phi) is 2.33. The van der Waals surface area contributed by atoms with Gasteiger partial charge in [0.15, 0.2) is 0 Å². The van der Waals surface area contributed by atoms with Crippen molar-refractivity contribution in [3.8, 4) is 5.75 Å². The van der Waals surface area contributed by atoms with Crippen LogP contribution in [0.5, 0.6) is 5.75 Å². The lowest BCUT2D eigenvalue weighted by Gasteiger charge is -2.31. The van der Waals surface area contributed by atoms with Gasteiger partial charge in [-0.3, -0.25) is 0 Å². The number of ether oxygens (including phenoxy) is 1. The maximum atomic E-state index is 5.86. The van der Waals surface area contributed by atoms with E-state index in [0.29, 0.717) is 6.04 Å². The summed E-state index contributed by atoms with van der Waals surface area (Å²) in [4.78, 5) is 2.21. The second-order valence-corrected chi connectivity index (χ2v) is 3.88. The van der Waals surface area contributed by atoms with Crippen LogP contribution >= 0.6 is 0 Å². The van der Waals surface area contributed by atoms with E-state index in [9.17, 15) is 0 Å². The summed E-state index contributed by atoms with van der Waals surface area (Å²) in [5.74, 6) is 0.873. The number of para-hydroxylation sites is 1. The first kappa shape index (κ1) is 9.34. The molecule has 14 heavy (non-hydrogen) atoms. The molecule has 3 heteroatoms. The molecule has 1 atom stereocenters. The topological polar surface area (TPSA) is 38.5 Å². The summed E-state index contributed by atoms with van der Waals surface area (Å²) in [7, 11) is 4.17. The van der Waals surface area contributed by atoms with E-state index in [1.807, 2.05) is 12.1 Å². The fourth-order valence-electron chi connectivity index (χ4n) is 1.97. The van der Waals surface area contributed by atoms with Crippen molar-refractivity contribution in [2.45, 2.75) is 12.5 Å². The van der Waals surface area contributed by atoms with Crippen LogP contribution in [0.25, 0.3) is 0 Å². The molecule has 3 nitrogen and oxygen atoms in total. The Bertz CT molecular complexity index is 336. The summed E-state index contributed by atoms with van der Waals surface area (Å²) < 4.78 is 5.58. The Morgan fingerprint density at radius 3 is 2.93 bits per heavy atom. The Morgan fingerprint density at radius 2 is 2.21 bits per heavy atom. The molecule has 0 saturated heterocycles. The Labute approximate surface area is 84.5 Å². The molecule has 0 aliphatic carbocycles. The van der Waals surface area contributed by atoms with Crippen LogP contribution in [0.1, 0.15) is 18.0 Å². The van der Waals surface area contributed by atoms with Gasteiger partial charge in [0.2, 0.25) is 0 Å². The van der Waals surface area contributed by atoms with Gasteiger partial charge in [-0.25, -0.2) is 0 Å². The van der Waals surface area contributed by atoms with Crippen molar-refractivity contribution in [3.63, 3.8) is 0 Å². The van der Waals surface area contributed by atoms with Crippen molar-refractivity contribution in [1.29, 1.82) is 0 Å². The first-order chi connectivity index (χ1) is 6.70. The van der Waals surface area contributed by atoms with Crippen LogP contribution in [0.3, 0.4) is 0 Å². The highest BCUT2D eigenvalue weighted by atomic mass is 16.5. The minimum Gasteiger partial charge on any atom is -0.491 e. The molecule has 0 aromatic heterocycles. The zero-order valence-corrected chi connectivity index (χ0v) is 8.66. The van der Waals surface area contributed by atoms with Gasteiger partial charge < -0.3 is 15.4 Å². The predicted molar refractivity (Wildman–Crippen MR) is 57.4 cm³/mol. The van der Waals surface area contributed by atoms with Gasteiger partial charge in [-0.1, -0.05) is 12.1 Å². The third-order valence-corrected chi connectivity index (χ3v) is 2.70. The van der Waals surface area contributed by atoms with Crippen LogP contribution in [0.4, 0.5) is 5.69 Å². The van der Waals surface area contributed by atoms with Crippen LogP contribution in [-0.2, 0) is 0 Å². The molecule has 1 aromatic carbocycles. The molecular formula is C11H16N2O. The van der Waals surface area contributed by atoms with Crippen LogP contribution in [0.15, 0.2) is 18.2 Å². The fraction of sp³-hybridized carbons (Fsp3) is 0.455. The van der Waals surface area contributed by atoms with Gasteiger partial charge in [0.05, 0.1) is 12.3 Å². The molecule has 0 radical (unpaired) electrons. The van der Waals surface area contributed by atoms with Crippen molar-refractivity contribution in [1.82, 2.24) is 4.90 Å². The lowest BCUT2D eigenvalue weighted by atomic mass is 9.99. The van der Waals surface area contributed by atoms with E-state index >= 15 is 0 Å². The molecule has 0 spiro atoms. The van der Waals surface area contributed by atoms with E-state index in [2.05, 4.69) is 25.1 Å². The van der Waals surface area contributed by atoms with E-state index in [1.165, 1.54) is 5.56 Å². The van der Waals surface area contributed by atoms with Crippen molar-refractivity contribution in [2.75, 3.05) is 26.4 Å². The van der Waals surface area contributed by atoms with Crippen molar-refractivity contribution in [2.24, 2.45) is 0 Å². The number of nitrogens with zero attached hydrogens (tertiary/aromatic N) is 1. The molecular weight excluding hydrogens is 176 g/mol. The highest BCUT2D eigenvalue weighted by Crippen LogP contribution is 2.38. The third-order valence-electron chi connectivity index (χ3n) is 2.70. The SMILES string of the molecule is CN(C)[C@@H]1CCOc2c(N)cccc21. The maximum absolute atomic E-state index is 5.86. The summed E-state index contributed by atoms with van der Waals surface area (Å²) in [6.45, 7) is 0.754. The number of anilines is 1. The molecule has 1 aromatic rings. The van der Waals surface area contributed by atoms with Crippen molar-refractivity contribution < 1.29 is 4.74 Å². The zero-order chi connectivity index (χ0) is 10.1. The number of hydrogen-bond acceptors (Lipinski definition) is 3. The second kappa shape index (κ2) is 3.50. The molecule has 1 heterocycles. The van der Waals surface area contributed by atoms with Gasteiger partial charge >= 0.3 is 0 Å². The molecule has 0 bridgehead atoms. The van der Waals surface area contributed by atoms with Crippen molar-refractivity contribution in [3.05, 3.63) is 23.8 Å². The van der Waals surface area contributed by atoms with Crippen molar-refractivity contribution >= 4 is 5.69 Å². The van der Waals surface area contributed by atoms with Crippen LogP contribution in [-0.4, -0.2) is 25.6 Å². The number of fused-ring (bicyclic) bond motifs is 1. The lowest BCUT2D eigenvalue weighted by Crippen LogP contribution is -2.26.